The Bertz CT molecular complexity index is 685. The Morgan fingerprint density at radius 3 is 2.44 bits per heavy atom. The molecule has 25 heavy (non-hydrogen) atoms. The van der Waals surface area contributed by atoms with Crippen LogP contribution in [0.1, 0.15) is 34.8 Å². The number of hydrogen-bond acceptors (Lipinski definition) is 3. The molecule has 0 saturated carbocycles. The second-order valence-corrected chi connectivity index (χ2v) is 6.78. The van der Waals surface area contributed by atoms with Gasteiger partial charge in [0.1, 0.15) is 0 Å². The zero-order valence-electron chi connectivity index (χ0n) is 14.8. The monoisotopic (exact) mass is 338 g/mol. The molecule has 0 aromatic heterocycles. The number of amides is 1. The lowest BCUT2D eigenvalue weighted by atomic mass is 10.1. The normalized spacial score (nSPS) is 18.8. The van der Waals surface area contributed by atoms with Crippen LogP contribution < -0.4 is 0 Å². The molecule has 3 rings (SSSR count). The SMILES string of the molecule is CC1CN(Cc2ccccc2)CCCN1C(=O)c1ccc(CO)cc1. The Labute approximate surface area is 149 Å². The highest BCUT2D eigenvalue weighted by atomic mass is 16.3. The highest BCUT2D eigenvalue weighted by Gasteiger charge is 2.26. The van der Waals surface area contributed by atoms with E-state index in [4.69, 9.17) is 5.11 Å². The summed E-state index contributed by atoms with van der Waals surface area (Å²) in [6, 6.07) is 17.9. The Morgan fingerprint density at radius 1 is 1.04 bits per heavy atom. The van der Waals surface area contributed by atoms with Gasteiger partial charge in [0.15, 0.2) is 0 Å². The number of rotatable bonds is 4. The van der Waals surface area contributed by atoms with E-state index in [2.05, 4.69) is 36.1 Å². The first-order chi connectivity index (χ1) is 12.2. The van der Waals surface area contributed by atoms with Crippen LogP contribution in [0.2, 0.25) is 0 Å². The molecule has 1 aliphatic heterocycles. The van der Waals surface area contributed by atoms with E-state index in [1.807, 2.05) is 35.2 Å². The highest BCUT2D eigenvalue weighted by Crippen LogP contribution is 2.17. The molecule has 1 N–H and O–H groups in total. The Morgan fingerprint density at radius 2 is 1.76 bits per heavy atom. The van der Waals surface area contributed by atoms with Gasteiger partial charge in [0.2, 0.25) is 0 Å². The van der Waals surface area contributed by atoms with Gasteiger partial charge in [0.25, 0.3) is 5.91 Å². The first kappa shape index (κ1) is 17.6. The van der Waals surface area contributed by atoms with E-state index in [9.17, 15) is 4.79 Å². The lowest BCUT2D eigenvalue weighted by Gasteiger charge is -2.29. The van der Waals surface area contributed by atoms with Crippen molar-refractivity contribution in [3.05, 3.63) is 71.3 Å². The van der Waals surface area contributed by atoms with Crippen LogP contribution in [0.25, 0.3) is 0 Å². The Kier molecular flexibility index (Phi) is 5.84. The minimum Gasteiger partial charge on any atom is -0.392 e. The van der Waals surface area contributed by atoms with Crippen LogP contribution >= 0.6 is 0 Å². The third kappa shape index (κ3) is 4.47. The van der Waals surface area contributed by atoms with Gasteiger partial charge in [0, 0.05) is 37.8 Å². The van der Waals surface area contributed by atoms with E-state index in [0.717, 1.165) is 38.2 Å². The fourth-order valence-corrected chi connectivity index (χ4v) is 3.45. The molecule has 0 aliphatic carbocycles. The number of hydrogen-bond donors (Lipinski definition) is 1. The van der Waals surface area contributed by atoms with E-state index >= 15 is 0 Å². The molecule has 4 heteroatoms. The van der Waals surface area contributed by atoms with Crippen LogP contribution in [0, 0.1) is 0 Å². The van der Waals surface area contributed by atoms with Gasteiger partial charge in [-0.25, -0.2) is 0 Å². The van der Waals surface area contributed by atoms with E-state index < -0.39 is 0 Å². The van der Waals surface area contributed by atoms with Gasteiger partial charge in [-0.2, -0.15) is 0 Å². The lowest BCUT2D eigenvalue weighted by molar-refractivity contribution is 0.0691. The van der Waals surface area contributed by atoms with Crippen molar-refractivity contribution >= 4 is 5.91 Å². The number of benzene rings is 2. The molecular formula is C21H26N2O2. The molecule has 1 saturated heterocycles. The molecule has 1 heterocycles. The predicted octanol–water partition coefficient (Wildman–Crippen LogP) is 2.92. The van der Waals surface area contributed by atoms with Crippen LogP contribution in [-0.2, 0) is 13.2 Å². The van der Waals surface area contributed by atoms with E-state index in [-0.39, 0.29) is 18.6 Å². The van der Waals surface area contributed by atoms with Gasteiger partial charge in [-0.3, -0.25) is 9.69 Å². The van der Waals surface area contributed by atoms with E-state index in [1.54, 1.807) is 0 Å². The van der Waals surface area contributed by atoms with Crippen molar-refractivity contribution in [2.45, 2.75) is 32.5 Å². The summed E-state index contributed by atoms with van der Waals surface area (Å²) >= 11 is 0. The summed E-state index contributed by atoms with van der Waals surface area (Å²) in [5.41, 5.74) is 2.84. The summed E-state index contributed by atoms with van der Waals surface area (Å²) in [6.45, 7) is 5.74. The fraction of sp³-hybridized carbons (Fsp3) is 0.381. The molecule has 0 radical (unpaired) electrons. The average molecular weight is 338 g/mol. The summed E-state index contributed by atoms with van der Waals surface area (Å²) in [7, 11) is 0. The summed E-state index contributed by atoms with van der Waals surface area (Å²) in [5, 5.41) is 9.14. The molecule has 132 valence electrons. The lowest BCUT2D eigenvalue weighted by Crippen LogP contribution is -2.42. The predicted molar refractivity (Wildman–Crippen MR) is 99.2 cm³/mol. The highest BCUT2D eigenvalue weighted by molar-refractivity contribution is 5.94. The van der Waals surface area contributed by atoms with Gasteiger partial charge in [0.05, 0.1) is 6.61 Å². The minimum absolute atomic E-state index is 0.00301. The van der Waals surface area contributed by atoms with E-state index in [0.29, 0.717) is 5.56 Å². The number of aliphatic hydroxyl groups is 1. The maximum absolute atomic E-state index is 12.9. The van der Waals surface area contributed by atoms with Crippen LogP contribution in [0.3, 0.4) is 0 Å². The molecule has 1 unspecified atom stereocenters. The molecule has 0 spiro atoms. The van der Waals surface area contributed by atoms with Gasteiger partial charge in [-0.05, 0) is 36.6 Å². The van der Waals surface area contributed by atoms with Gasteiger partial charge in [-0.1, -0.05) is 42.5 Å². The van der Waals surface area contributed by atoms with Crippen molar-refractivity contribution < 1.29 is 9.90 Å². The van der Waals surface area contributed by atoms with Crippen molar-refractivity contribution in [2.75, 3.05) is 19.6 Å². The quantitative estimate of drug-likeness (QED) is 0.932. The van der Waals surface area contributed by atoms with Crippen molar-refractivity contribution in [1.29, 1.82) is 0 Å². The fourth-order valence-electron chi connectivity index (χ4n) is 3.45. The molecule has 1 fully saturated rings. The Hall–Kier alpha value is -2.17. The van der Waals surface area contributed by atoms with Crippen molar-refractivity contribution in [2.24, 2.45) is 0 Å². The molecule has 1 aliphatic rings. The maximum Gasteiger partial charge on any atom is 0.254 e. The minimum atomic E-state index is 0.00301. The second-order valence-electron chi connectivity index (χ2n) is 6.78. The number of nitrogens with zero attached hydrogens (tertiary/aromatic N) is 2. The van der Waals surface area contributed by atoms with Crippen LogP contribution in [0.5, 0.6) is 0 Å². The van der Waals surface area contributed by atoms with Gasteiger partial charge >= 0.3 is 0 Å². The van der Waals surface area contributed by atoms with Crippen molar-refractivity contribution in [3.8, 4) is 0 Å². The first-order valence-corrected chi connectivity index (χ1v) is 8.94. The zero-order valence-corrected chi connectivity index (χ0v) is 14.8. The van der Waals surface area contributed by atoms with Crippen molar-refractivity contribution in [3.63, 3.8) is 0 Å². The van der Waals surface area contributed by atoms with Crippen LogP contribution in [0.4, 0.5) is 0 Å². The summed E-state index contributed by atoms with van der Waals surface area (Å²) < 4.78 is 0. The molecule has 0 bridgehead atoms. The molecule has 2 aromatic carbocycles. The molecule has 1 amide bonds. The molecular weight excluding hydrogens is 312 g/mol. The Balaban J connectivity index is 1.66. The second kappa shape index (κ2) is 8.28. The zero-order chi connectivity index (χ0) is 17.6. The van der Waals surface area contributed by atoms with Gasteiger partial charge in [-0.15, -0.1) is 0 Å². The van der Waals surface area contributed by atoms with Crippen LogP contribution in [-0.4, -0.2) is 46.5 Å². The summed E-state index contributed by atoms with van der Waals surface area (Å²) in [4.78, 5) is 17.3. The molecule has 1 atom stereocenters. The largest absolute Gasteiger partial charge is 0.392 e. The third-order valence-electron chi connectivity index (χ3n) is 4.82. The third-order valence-corrected chi connectivity index (χ3v) is 4.82. The van der Waals surface area contributed by atoms with Crippen molar-refractivity contribution in [1.82, 2.24) is 9.80 Å². The number of carbonyl (C=O) groups is 1. The first-order valence-electron chi connectivity index (χ1n) is 8.94. The number of carbonyl (C=O) groups excluding carboxylic acids is 1. The van der Waals surface area contributed by atoms with E-state index in [1.165, 1.54) is 5.56 Å². The standard InChI is InChI=1S/C21H26N2O2/c1-17-14-22(15-18-6-3-2-4-7-18)12-5-13-23(17)21(25)20-10-8-19(16-24)9-11-20/h2-4,6-11,17,24H,5,12-16H2,1H3. The smallest absolute Gasteiger partial charge is 0.254 e. The molecule has 2 aromatic rings. The topological polar surface area (TPSA) is 43.8 Å². The average Bonchev–Trinajstić information content (AvgIpc) is 2.83. The summed E-state index contributed by atoms with van der Waals surface area (Å²) in [6.07, 6.45) is 0.984. The van der Waals surface area contributed by atoms with Gasteiger partial charge < -0.3 is 10.0 Å². The molecule has 4 nitrogen and oxygen atoms in total. The number of aliphatic hydroxyl groups excluding tert-OH is 1. The summed E-state index contributed by atoms with van der Waals surface area (Å²) in [5.74, 6) is 0.0820. The maximum atomic E-state index is 12.9. The van der Waals surface area contributed by atoms with Crippen LogP contribution in [0.15, 0.2) is 54.6 Å².